The average Bonchev–Trinajstić information content (AvgIpc) is 3.22. The van der Waals surface area contributed by atoms with Gasteiger partial charge >= 0.3 is 11.9 Å². The molecule has 0 aliphatic carbocycles. The van der Waals surface area contributed by atoms with E-state index >= 15 is 0 Å². The van der Waals surface area contributed by atoms with Crippen molar-refractivity contribution < 1.29 is 23.8 Å². The summed E-state index contributed by atoms with van der Waals surface area (Å²) in [5, 5.41) is 10.9. The third-order valence-electron chi connectivity index (χ3n) is 3.50. The zero-order valence-corrected chi connectivity index (χ0v) is 15.4. The molecular formula is C15H15ClN4O5S. The van der Waals surface area contributed by atoms with Gasteiger partial charge in [-0.1, -0.05) is 16.8 Å². The van der Waals surface area contributed by atoms with Gasteiger partial charge in [0.2, 0.25) is 0 Å². The van der Waals surface area contributed by atoms with E-state index in [1.165, 1.54) is 36.1 Å². The normalized spacial score (nSPS) is 21.9. The van der Waals surface area contributed by atoms with Crippen LogP contribution in [0.5, 0.6) is 0 Å². The van der Waals surface area contributed by atoms with Gasteiger partial charge in [-0.25, -0.2) is 9.67 Å². The molecule has 3 atom stereocenters. The van der Waals surface area contributed by atoms with Crippen LogP contribution >= 0.6 is 22.9 Å². The average molecular weight is 399 g/mol. The first kappa shape index (κ1) is 18.3. The van der Waals surface area contributed by atoms with E-state index in [9.17, 15) is 9.59 Å². The summed E-state index contributed by atoms with van der Waals surface area (Å²) in [4.78, 5) is 26.8. The Labute approximate surface area is 157 Å². The van der Waals surface area contributed by atoms with E-state index in [4.69, 9.17) is 25.8 Å². The minimum atomic E-state index is -0.744. The van der Waals surface area contributed by atoms with Gasteiger partial charge in [0.05, 0.1) is 12.5 Å². The standard InChI is InChI=1S/C15H15ClN4O5S/c1-8(21)24-6-12-14(25-9(2)22)11(3-4-23-12)20-5-10(18-19-20)15-17-13(16)7-26-15/h3-5,7,11-12,14H,6H2,1-2H3/t11-,12?,14?/m1/s1. The van der Waals surface area contributed by atoms with Crippen LogP contribution in [-0.2, 0) is 23.8 Å². The van der Waals surface area contributed by atoms with Crippen LogP contribution in [0.25, 0.3) is 10.7 Å². The highest BCUT2D eigenvalue weighted by Crippen LogP contribution is 2.29. The van der Waals surface area contributed by atoms with E-state index < -0.39 is 30.2 Å². The van der Waals surface area contributed by atoms with E-state index in [1.807, 2.05) is 0 Å². The monoisotopic (exact) mass is 398 g/mol. The van der Waals surface area contributed by atoms with Crippen molar-refractivity contribution in [3.8, 4) is 10.7 Å². The van der Waals surface area contributed by atoms with Crippen LogP contribution in [0.15, 0.2) is 23.9 Å². The Morgan fingerprint density at radius 1 is 1.38 bits per heavy atom. The number of ether oxygens (including phenoxy) is 3. The summed E-state index contributed by atoms with van der Waals surface area (Å²) in [6, 6.07) is -0.482. The highest BCUT2D eigenvalue weighted by atomic mass is 35.5. The maximum Gasteiger partial charge on any atom is 0.303 e. The van der Waals surface area contributed by atoms with Gasteiger partial charge in [-0.2, -0.15) is 0 Å². The molecule has 0 N–H and O–H groups in total. The van der Waals surface area contributed by atoms with Crippen LogP contribution in [0.2, 0.25) is 5.15 Å². The number of hydrogen-bond donors (Lipinski definition) is 0. The van der Waals surface area contributed by atoms with Gasteiger partial charge in [-0.3, -0.25) is 9.59 Å². The van der Waals surface area contributed by atoms with E-state index in [2.05, 4.69) is 15.3 Å². The molecule has 3 heterocycles. The molecule has 3 rings (SSSR count). The van der Waals surface area contributed by atoms with Gasteiger partial charge in [0.1, 0.15) is 28.5 Å². The fourth-order valence-corrected chi connectivity index (χ4v) is 3.33. The molecule has 138 valence electrons. The fourth-order valence-electron chi connectivity index (χ4n) is 2.44. The molecule has 2 aromatic heterocycles. The minimum Gasteiger partial charge on any atom is -0.491 e. The summed E-state index contributed by atoms with van der Waals surface area (Å²) in [6.07, 6.45) is 3.41. The second kappa shape index (κ2) is 7.83. The molecule has 2 aromatic rings. The first-order valence-corrected chi connectivity index (χ1v) is 8.85. The van der Waals surface area contributed by atoms with Crippen LogP contribution in [-0.4, -0.2) is 50.7 Å². The molecule has 0 radical (unpaired) electrons. The summed E-state index contributed by atoms with van der Waals surface area (Å²) in [6.45, 7) is 2.53. The van der Waals surface area contributed by atoms with E-state index in [1.54, 1.807) is 17.7 Å². The number of esters is 2. The van der Waals surface area contributed by atoms with Crippen molar-refractivity contribution in [3.05, 3.63) is 29.1 Å². The zero-order chi connectivity index (χ0) is 18.7. The second-order valence-electron chi connectivity index (χ2n) is 5.43. The van der Waals surface area contributed by atoms with Gasteiger partial charge < -0.3 is 14.2 Å². The second-order valence-corrected chi connectivity index (χ2v) is 6.67. The zero-order valence-electron chi connectivity index (χ0n) is 13.9. The highest BCUT2D eigenvalue weighted by molar-refractivity contribution is 7.13. The Kier molecular flexibility index (Phi) is 5.52. The number of carbonyl (C=O) groups excluding carboxylic acids is 2. The smallest absolute Gasteiger partial charge is 0.303 e. The molecule has 26 heavy (non-hydrogen) atoms. The molecule has 0 fully saturated rings. The number of thiazole rings is 1. The maximum absolute atomic E-state index is 11.5. The Bertz CT molecular complexity index is 836. The number of halogens is 1. The molecule has 1 aliphatic rings. The maximum atomic E-state index is 11.5. The van der Waals surface area contributed by atoms with Crippen molar-refractivity contribution in [1.82, 2.24) is 20.0 Å². The first-order chi connectivity index (χ1) is 12.4. The lowest BCUT2D eigenvalue weighted by Crippen LogP contribution is -2.44. The molecule has 9 nitrogen and oxygen atoms in total. The van der Waals surface area contributed by atoms with Crippen LogP contribution in [0, 0.1) is 0 Å². The van der Waals surface area contributed by atoms with Crippen molar-refractivity contribution in [2.75, 3.05) is 6.61 Å². The molecular weight excluding hydrogens is 384 g/mol. The van der Waals surface area contributed by atoms with Crippen LogP contribution < -0.4 is 0 Å². The number of hydrogen-bond acceptors (Lipinski definition) is 9. The molecule has 1 aliphatic heterocycles. The molecule has 2 unspecified atom stereocenters. The molecule has 0 saturated carbocycles. The van der Waals surface area contributed by atoms with Crippen LogP contribution in [0.1, 0.15) is 19.9 Å². The van der Waals surface area contributed by atoms with Gasteiger partial charge in [0.15, 0.2) is 12.2 Å². The molecule has 0 saturated heterocycles. The van der Waals surface area contributed by atoms with Gasteiger partial charge in [-0.15, -0.1) is 16.4 Å². The summed E-state index contributed by atoms with van der Waals surface area (Å²) in [5.41, 5.74) is 0.542. The highest BCUT2D eigenvalue weighted by Gasteiger charge is 2.37. The van der Waals surface area contributed by atoms with E-state index in [0.717, 1.165) is 0 Å². The Morgan fingerprint density at radius 2 is 2.19 bits per heavy atom. The van der Waals surface area contributed by atoms with Crippen LogP contribution in [0.4, 0.5) is 0 Å². The summed E-state index contributed by atoms with van der Waals surface area (Å²) >= 11 is 7.18. The number of aromatic nitrogens is 4. The largest absolute Gasteiger partial charge is 0.491 e. The first-order valence-electron chi connectivity index (χ1n) is 7.60. The Balaban J connectivity index is 1.85. The predicted octanol–water partition coefficient (Wildman–Crippen LogP) is 2.00. The molecule has 0 amide bonds. The van der Waals surface area contributed by atoms with Crippen molar-refractivity contribution in [1.29, 1.82) is 0 Å². The van der Waals surface area contributed by atoms with Crippen LogP contribution in [0.3, 0.4) is 0 Å². The lowest BCUT2D eigenvalue weighted by atomic mass is 10.0. The third-order valence-corrected chi connectivity index (χ3v) is 4.68. The minimum absolute atomic E-state index is 0.0578. The SMILES string of the molecule is CC(=O)OCC1OC=C[C@@H](n2cc(-c3nc(Cl)cs3)nn2)C1OC(C)=O. The fraction of sp³-hybridized carbons (Fsp3) is 0.400. The topological polar surface area (TPSA) is 105 Å². The summed E-state index contributed by atoms with van der Waals surface area (Å²) < 4.78 is 17.4. The predicted molar refractivity (Wildman–Crippen MR) is 91.4 cm³/mol. The summed E-state index contributed by atoms with van der Waals surface area (Å²) in [7, 11) is 0. The van der Waals surface area contributed by atoms with Gasteiger partial charge in [0.25, 0.3) is 0 Å². The molecule has 0 aromatic carbocycles. The number of rotatable bonds is 5. The quantitative estimate of drug-likeness (QED) is 0.704. The van der Waals surface area contributed by atoms with Crippen molar-refractivity contribution >= 4 is 34.9 Å². The lowest BCUT2D eigenvalue weighted by molar-refractivity contribution is -0.163. The summed E-state index contributed by atoms with van der Waals surface area (Å²) in [5.74, 6) is -0.941. The van der Waals surface area contributed by atoms with Gasteiger partial charge in [0, 0.05) is 19.2 Å². The molecule has 0 spiro atoms. The van der Waals surface area contributed by atoms with Crippen molar-refractivity contribution in [2.45, 2.75) is 32.1 Å². The Morgan fingerprint density at radius 3 is 2.85 bits per heavy atom. The van der Waals surface area contributed by atoms with Crippen molar-refractivity contribution in [3.63, 3.8) is 0 Å². The Hall–Kier alpha value is -2.46. The molecule has 11 heteroatoms. The van der Waals surface area contributed by atoms with Crippen molar-refractivity contribution in [2.24, 2.45) is 0 Å². The third kappa shape index (κ3) is 4.20. The van der Waals surface area contributed by atoms with E-state index in [0.29, 0.717) is 15.9 Å². The molecule has 0 bridgehead atoms. The van der Waals surface area contributed by atoms with Gasteiger partial charge in [-0.05, 0) is 6.08 Å². The lowest BCUT2D eigenvalue weighted by Gasteiger charge is -2.33. The number of nitrogens with zero attached hydrogens (tertiary/aromatic N) is 4. The van der Waals surface area contributed by atoms with E-state index in [-0.39, 0.29) is 6.61 Å². The number of carbonyl (C=O) groups is 2.